The molecule has 1 N–H and O–H groups in total. The summed E-state index contributed by atoms with van der Waals surface area (Å²) in [4.78, 5) is 27.4. The Labute approximate surface area is 134 Å². The number of halogens is 1. The van der Waals surface area contributed by atoms with Crippen LogP contribution in [0.25, 0.3) is 10.9 Å². The quantitative estimate of drug-likeness (QED) is 0.682. The number of hydrogen-bond acceptors (Lipinski definition) is 2. The van der Waals surface area contributed by atoms with E-state index >= 15 is 0 Å². The lowest BCUT2D eigenvalue weighted by Crippen LogP contribution is -2.35. The number of hydrogen-bond donors (Lipinski definition) is 1. The van der Waals surface area contributed by atoms with Crippen molar-refractivity contribution in [2.75, 3.05) is 0 Å². The Morgan fingerprint density at radius 2 is 1.81 bits per heavy atom. The molecule has 3 rings (SSSR count). The normalized spacial score (nSPS) is 11.0. The van der Waals surface area contributed by atoms with Crippen molar-refractivity contribution in [1.82, 2.24) is 9.55 Å². The Morgan fingerprint density at radius 3 is 2.52 bits per heavy atom. The molecule has 3 aromatic rings. The van der Waals surface area contributed by atoms with Crippen molar-refractivity contribution in [1.29, 1.82) is 0 Å². The molecule has 0 saturated heterocycles. The second-order valence-electron chi connectivity index (χ2n) is 5.00. The van der Waals surface area contributed by atoms with Gasteiger partial charge in [0.25, 0.3) is 5.56 Å². The van der Waals surface area contributed by atoms with Crippen LogP contribution in [-0.2, 0) is 6.54 Å². The molecule has 0 amide bonds. The van der Waals surface area contributed by atoms with Gasteiger partial charge in [0.15, 0.2) is 0 Å². The molecule has 4 nitrogen and oxygen atoms in total. The van der Waals surface area contributed by atoms with Crippen LogP contribution < -0.4 is 11.2 Å². The van der Waals surface area contributed by atoms with E-state index in [1.54, 1.807) is 12.1 Å². The summed E-state index contributed by atoms with van der Waals surface area (Å²) in [5.74, 6) is 0. The number of aromatic nitrogens is 2. The summed E-state index contributed by atoms with van der Waals surface area (Å²) in [5, 5.41) is 0.542. The molecule has 0 spiro atoms. The van der Waals surface area contributed by atoms with Crippen molar-refractivity contribution in [3.63, 3.8) is 0 Å². The molecule has 0 atom stereocenters. The number of nitrogens with one attached hydrogen (secondary N) is 1. The van der Waals surface area contributed by atoms with Crippen LogP contribution in [0, 0.1) is 10.5 Å². The summed E-state index contributed by atoms with van der Waals surface area (Å²) in [6.45, 7) is 2.20. The van der Waals surface area contributed by atoms with Crippen LogP contribution in [0.15, 0.2) is 52.1 Å². The monoisotopic (exact) mass is 392 g/mol. The fourth-order valence-corrected chi connectivity index (χ4v) is 2.64. The van der Waals surface area contributed by atoms with Crippen molar-refractivity contribution in [2.24, 2.45) is 0 Å². The topological polar surface area (TPSA) is 54.9 Å². The average Bonchev–Trinajstić information content (AvgIpc) is 2.46. The fourth-order valence-electron chi connectivity index (χ4n) is 2.28. The van der Waals surface area contributed by atoms with Gasteiger partial charge in [-0.25, -0.2) is 4.79 Å². The van der Waals surface area contributed by atoms with Crippen LogP contribution in [0.4, 0.5) is 0 Å². The summed E-state index contributed by atoms with van der Waals surface area (Å²) in [5.41, 5.74) is 1.86. The molecule has 1 heterocycles. The predicted molar refractivity (Wildman–Crippen MR) is 91.8 cm³/mol. The Kier molecular flexibility index (Phi) is 3.67. The van der Waals surface area contributed by atoms with Crippen LogP contribution in [0.5, 0.6) is 0 Å². The third kappa shape index (κ3) is 2.78. The summed E-state index contributed by atoms with van der Waals surface area (Å²) >= 11 is 2.22. The number of aryl methyl sites for hydroxylation is 1. The average molecular weight is 392 g/mol. The number of H-pyrrole nitrogens is 1. The molecule has 21 heavy (non-hydrogen) atoms. The third-order valence-electron chi connectivity index (χ3n) is 3.39. The van der Waals surface area contributed by atoms with Crippen molar-refractivity contribution in [2.45, 2.75) is 13.5 Å². The van der Waals surface area contributed by atoms with E-state index in [1.807, 2.05) is 37.3 Å². The van der Waals surface area contributed by atoms with Crippen molar-refractivity contribution >= 4 is 33.5 Å². The maximum Gasteiger partial charge on any atom is 0.329 e. The molecule has 0 unspecified atom stereocenters. The maximum absolute atomic E-state index is 12.5. The SMILES string of the molecule is Cc1ccc2[nH]c(=O)n(Cc3ccc(I)cc3)c(=O)c2c1. The van der Waals surface area contributed by atoms with E-state index in [9.17, 15) is 9.59 Å². The first-order valence-electron chi connectivity index (χ1n) is 6.52. The van der Waals surface area contributed by atoms with Crippen LogP contribution in [-0.4, -0.2) is 9.55 Å². The van der Waals surface area contributed by atoms with Gasteiger partial charge in [-0.3, -0.25) is 9.36 Å². The van der Waals surface area contributed by atoms with Crippen LogP contribution in [0.2, 0.25) is 0 Å². The van der Waals surface area contributed by atoms with Crippen LogP contribution >= 0.6 is 22.6 Å². The number of fused-ring (bicyclic) bond motifs is 1. The number of benzene rings is 2. The van der Waals surface area contributed by atoms with Gasteiger partial charge in [0.2, 0.25) is 0 Å². The lowest BCUT2D eigenvalue weighted by molar-refractivity contribution is 0.711. The molecule has 1 aromatic heterocycles. The minimum atomic E-state index is -0.380. The molecule has 0 radical (unpaired) electrons. The van der Waals surface area contributed by atoms with Crippen molar-refractivity contribution in [3.05, 3.63) is 78.0 Å². The van der Waals surface area contributed by atoms with Gasteiger partial charge in [-0.2, -0.15) is 0 Å². The Bertz CT molecular complexity index is 924. The smallest absolute Gasteiger partial charge is 0.307 e. The van der Waals surface area contributed by atoms with Gasteiger partial charge in [-0.05, 0) is 59.3 Å². The van der Waals surface area contributed by atoms with Crippen molar-refractivity contribution < 1.29 is 0 Å². The third-order valence-corrected chi connectivity index (χ3v) is 4.11. The summed E-state index contributed by atoms with van der Waals surface area (Å²) in [6.07, 6.45) is 0. The summed E-state index contributed by atoms with van der Waals surface area (Å²) in [7, 11) is 0. The zero-order valence-corrected chi connectivity index (χ0v) is 13.5. The molecule has 0 aliphatic heterocycles. The molecule has 0 aliphatic rings. The molecule has 106 valence electrons. The van der Waals surface area contributed by atoms with E-state index in [4.69, 9.17) is 0 Å². The van der Waals surface area contributed by atoms with Crippen LogP contribution in [0.3, 0.4) is 0 Å². The van der Waals surface area contributed by atoms with Crippen molar-refractivity contribution in [3.8, 4) is 0 Å². The van der Waals surface area contributed by atoms with E-state index < -0.39 is 0 Å². The molecule has 0 saturated carbocycles. The standard InChI is InChI=1S/C16H13IN2O2/c1-10-2-7-14-13(8-10)15(20)19(16(21)18-14)9-11-3-5-12(17)6-4-11/h2-8H,9H2,1H3,(H,18,21). The maximum atomic E-state index is 12.5. The Hall–Kier alpha value is -1.89. The van der Waals surface area contributed by atoms with Gasteiger partial charge in [0.1, 0.15) is 0 Å². The highest BCUT2D eigenvalue weighted by molar-refractivity contribution is 14.1. The zero-order valence-electron chi connectivity index (χ0n) is 11.4. The first-order valence-corrected chi connectivity index (χ1v) is 7.60. The van der Waals surface area contributed by atoms with Gasteiger partial charge in [-0.1, -0.05) is 23.8 Å². The molecule has 5 heteroatoms. The minimum Gasteiger partial charge on any atom is -0.307 e. The second kappa shape index (κ2) is 5.48. The summed E-state index contributed by atoms with van der Waals surface area (Å²) < 4.78 is 2.36. The fraction of sp³-hybridized carbons (Fsp3) is 0.125. The largest absolute Gasteiger partial charge is 0.329 e. The molecule has 0 aliphatic carbocycles. The van der Waals surface area contributed by atoms with Gasteiger partial charge < -0.3 is 4.98 Å². The number of nitrogens with zero attached hydrogens (tertiary/aromatic N) is 1. The van der Waals surface area contributed by atoms with Gasteiger partial charge >= 0.3 is 5.69 Å². The predicted octanol–water partition coefficient (Wildman–Crippen LogP) is 2.65. The highest BCUT2D eigenvalue weighted by atomic mass is 127. The van der Waals surface area contributed by atoms with E-state index in [0.717, 1.165) is 14.7 Å². The zero-order chi connectivity index (χ0) is 15.0. The highest BCUT2D eigenvalue weighted by Crippen LogP contribution is 2.09. The van der Waals surface area contributed by atoms with E-state index in [1.165, 1.54) is 4.57 Å². The molecule has 0 fully saturated rings. The molecule has 0 bridgehead atoms. The van der Waals surface area contributed by atoms with E-state index in [0.29, 0.717) is 10.9 Å². The Balaban J connectivity index is 2.16. The first kappa shape index (κ1) is 14.1. The highest BCUT2D eigenvalue weighted by Gasteiger charge is 2.08. The number of rotatable bonds is 2. The minimum absolute atomic E-state index is 0.254. The van der Waals surface area contributed by atoms with Gasteiger partial charge in [0.05, 0.1) is 17.4 Å². The molecular formula is C16H13IN2O2. The summed E-state index contributed by atoms with van der Waals surface area (Å²) in [6, 6.07) is 13.2. The second-order valence-corrected chi connectivity index (χ2v) is 6.24. The van der Waals surface area contributed by atoms with Crippen LogP contribution in [0.1, 0.15) is 11.1 Å². The number of aromatic amines is 1. The van der Waals surface area contributed by atoms with Gasteiger partial charge in [-0.15, -0.1) is 0 Å². The lowest BCUT2D eigenvalue weighted by atomic mass is 10.1. The van der Waals surface area contributed by atoms with Gasteiger partial charge in [0, 0.05) is 3.57 Å². The molecule has 2 aromatic carbocycles. The van der Waals surface area contributed by atoms with E-state index in [-0.39, 0.29) is 17.8 Å². The van der Waals surface area contributed by atoms with E-state index in [2.05, 4.69) is 27.6 Å². The molecular weight excluding hydrogens is 379 g/mol. The Morgan fingerprint density at radius 1 is 1.10 bits per heavy atom. The first-order chi connectivity index (χ1) is 10.0. The lowest BCUT2D eigenvalue weighted by Gasteiger charge is -2.07.